The van der Waals surface area contributed by atoms with Crippen molar-refractivity contribution in [3.63, 3.8) is 0 Å². The molecule has 0 radical (unpaired) electrons. The van der Waals surface area contributed by atoms with Gasteiger partial charge in [0, 0.05) is 0 Å². The van der Waals surface area contributed by atoms with E-state index in [0.29, 0.717) is 6.61 Å². The molecular formula is C6H10N2O. The molecule has 0 saturated heterocycles. The molecule has 3 heteroatoms. The molecule has 50 valence electrons. The summed E-state index contributed by atoms with van der Waals surface area (Å²) in [4.78, 5) is 7.84. The van der Waals surface area contributed by atoms with Crippen LogP contribution in [-0.4, -0.2) is 24.9 Å². The molecule has 0 saturated carbocycles. The Kier molecular flexibility index (Phi) is 1.51. The number of hydrogen-bond acceptors (Lipinski definition) is 3. The van der Waals surface area contributed by atoms with Gasteiger partial charge < -0.3 is 4.74 Å². The van der Waals surface area contributed by atoms with Crippen molar-refractivity contribution in [2.24, 2.45) is 9.98 Å². The van der Waals surface area contributed by atoms with Gasteiger partial charge in [-0.05, 0) is 13.8 Å². The summed E-state index contributed by atoms with van der Waals surface area (Å²) < 4.78 is 4.99. The maximum atomic E-state index is 4.99. The Balaban J connectivity index is 2.62. The molecule has 0 bridgehead atoms. The predicted molar refractivity (Wildman–Crippen MR) is 37.0 cm³/mol. The lowest BCUT2D eigenvalue weighted by Gasteiger charge is -2.15. The van der Waals surface area contributed by atoms with Crippen LogP contribution >= 0.6 is 0 Å². The van der Waals surface area contributed by atoms with Crippen molar-refractivity contribution >= 4 is 12.7 Å². The van der Waals surface area contributed by atoms with Crippen LogP contribution in [0.4, 0.5) is 0 Å². The lowest BCUT2D eigenvalue weighted by Crippen LogP contribution is -2.22. The number of nitrogens with zero attached hydrogens (tertiary/aromatic N) is 2. The normalized spacial score (nSPS) is 22.9. The summed E-state index contributed by atoms with van der Waals surface area (Å²) in [5.41, 5.74) is -0.115. The first-order chi connectivity index (χ1) is 4.21. The third-order valence-electron chi connectivity index (χ3n) is 1.05. The van der Waals surface area contributed by atoms with Crippen LogP contribution in [0.5, 0.6) is 0 Å². The van der Waals surface area contributed by atoms with Crippen molar-refractivity contribution < 1.29 is 4.74 Å². The highest BCUT2D eigenvalue weighted by atomic mass is 16.5. The number of ether oxygens (including phenoxy) is 1. The van der Waals surface area contributed by atoms with Crippen LogP contribution in [-0.2, 0) is 4.74 Å². The Hall–Kier alpha value is -0.860. The molecule has 0 unspecified atom stereocenters. The van der Waals surface area contributed by atoms with Crippen LogP contribution < -0.4 is 0 Å². The van der Waals surface area contributed by atoms with Gasteiger partial charge in [-0.25, -0.2) is 4.99 Å². The molecular weight excluding hydrogens is 116 g/mol. The van der Waals surface area contributed by atoms with Crippen molar-refractivity contribution in [2.45, 2.75) is 19.4 Å². The summed E-state index contributed by atoms with van der Waals surface area (Å²) in [6.45, 7) is 4.60. The second kappa shape index (κ2) is 2.17. The maximum Gasteiger partial charge on any atom is 0.175 e. The van der Waals surface area contributed by atoms with Crippen LogP contribution in [0.2, 0.25) is 0 Å². The largest absolute Gasteiger partial charge is 0.481 e. The first-order valence-electron chi connectivity index (χ1n) is 2.88. The van der Waals surface area contributed by atoms with E-state index < -0.39 is 0 Å². The molecule has 1 heterocycles. The average Bonchev–Trinajstić information content (AvgIpc) is 1.92. The molecule has 0 amide bonds. The Morgan fingerprint density at radius 3 is 3.11 bits per heavy atom. The molecule has 9 heavy (non-hydrogen) atoms. The highest BCUT2D eigenvalue weighted by Crippen LogP contribution is 2.08. The van der Waals surface area contributed by atoms with Crippen LogP contribution in [0, 0.1) is 0 Å². The summed E-state index contributed by atoms with van der Waals surface area (Å²) in [5, 5.41) is 0. The fourth-order valence-corrected chi connectivity index (χ4v) is 0.538. The van der Waals surface area contributed by atoms with Crippen molar-refractivity contribution in [3.8, 4) is 0 Å². The smallest absolute Gasteiger partial charge is 0.175 e. The molecule has 0 aliphatic carbocycles. The summed E-state index contributed by atoms with van der Waals surface area (Å²) >= 11 is 0. The van der Waals surface area contributed by atoms with E-state index >= 15 is 0 Å². The first kappa shape index (κ1) is 6.26. The van der Waals surface area contributed by atoms with Crippen LogP contribution in [0.1, 0.15) is 13.8 Å². The van der Waals surface area contributed by atoms with Crippen molar-refractivity contribution in [2.75, 3.05) is 6.61 Å². The first-order valence-corrected chi connectivity index (χ1v) is 2.88. The number of rotatable bonds is 0. The van der Waals surface area contributed by atoms with Crippen molar-refractivity contribution in [1.82, 2.24) is 0 Å². The Labute approximate surface area is 54.5 Å². The van der Waals surface area contributed by atoms with E-state index in [4.69, 9.17) is 4.74 Å². The van der Waals surface area contributed by atoms with E-state index in [1.165, 1.54) is 12.7 Å². The van der Waals surface area contributed by atoms with Gasteiger partial charge in [-0.15, -0.1) is 0 Å². The second-order valence-corrected chi connectivity index (χ2v) is 2.62. The highest BCUT2D eigenvalue weighted by Gasteiger charge is 2.16. The second-order valence-electron chi connectivity index (χ2n) is 2.62. The molecule has 0 aromatic carbocycles. The molecule has 0 aromatic rings. The zero-order valence-electron chi connectivity index (χ0n) is 5.66. The molecule has 0 N–H and O–H groups in total. The van der Waals surface area contributed by atoms with Crippen molar-refractivity contribution in [1.29, 1.82) is 0 Å². The lowest BCUT2D eigenvalue weighted by atomic mass is 10.1. The van der Waals surface area contributed by atoms with Gasteiger partial charge in [-0.3, -0.25) is 4.99 Å². The molecule has 3 nitrogen and oxygen atoms in total. The fourth-order valence-electron chi connectivity index (χ4n) is 0.538. The summed E-state index contributed by atoms with van der Waals surface area (Å²) in [7, 11) is 0. The fraction of sp³-hybridized carbons (Fsp3) is 0.667. The number of aliphatic imine (C=N–C) groups is 2. The van der Waals surface area contributed by atoms with Gasteiger partial charge in [-0.1, -0.05) is 0 Å². The number of hydrogen-bond donors (Lipinski definition) is 0. The summed E-state index contributed by atoms with van der Waals surface area (Å²) in [6.07, 6.45) is 2.94. The molecule has 1 aliphatic rings. The van der Waals surface area contributed by atoms with E-state index in [9.17, 15) is 0 Å². The van der Waals surface area contributed by atoms with Gasteiger partial charge >= 0.3 is 0 Å². The molecule has 0 aromatic heterocycles. The molecule has 0 fully saturated rings. The topological polar surface area (TPSA) is 34.0 Å². The third kappa shape index (κ3) is 1.83. The third-order valence-corrected chi connectivity index (χ3v) is 1.05. The predicted octanol–water partition coefficient (Wildman–Crippen LogP) is 0.852. The highest BCUT2D eigenvalue weighted by molar-refractivity contribution is 5.68. The standard InChI is InChI=1S/C6H10N2O/c1-6(2)3-9-5-7-4-8-6/h4-5H,3H2,1-2H3. The molecule has 1 rings (SSSR count). The van der Waals surface area contributed by atoms with E-state index in [0.717, 1.165) is 0 Å². The van der Waals surface area contributed by atoms with E-state index in [-0.39, 0.29) is 5.54 Å². The van der Waals surface area contributed by atoms with Crippen LogP contribution in [0.3, 0.4) is 0 Å². The SMILES string of the molecule is CC1(C)COC=NC=N1. The minimum absolute atomic E-state index is 0.115. The Morgan fingerprint density at radius 1 is 1.56 bits per heavy atom. The average molecular weight is 126 g/mol. The summed E-state index contributed by atoms with van der Waals surface area (Å²) in [5.74, 6) is 0. The van der Waals surface area contributed by atoms with Gasteiger partial charge in [-0.2, -0.15) is 0 Å². The lowest BCUT2D eigenvalue weighted by molar-refractivity contribution is 0.248. The summed E-state index contributed by atoms with van der Waals surface area (Å²) in [6, 6.07) is 0. The Morgan fingerprint density at radius 2 is 2.33 bits per heavy atom. The van der Waals surface area contributed by atoms with Gasteiger partial charge in [0.15, 0.2) is 6.40 Å². The van der Waals surface area contributed by atoms with Crippen molar-refractivity contribution in [3.05, 3.63) is 0 Å². The van der Waals surface area contributed by atoms with Gasteiger partial charge in [0.05, 0.1) is 5.54 Å². The van der Waals surface area contributed by atoms with Gasteiger partial charge in [0.25, 0.3) is 0 Å². The monoisotopic (exact) mass is 126 g/mol. The zero-order chi connectivity index (χ0) is 6.74. The Bertz CT molecular complexity index is 149. The zero-order valence-corrected chi connectivity index (χ0v) is 5.66. The van der Waals surface area contributed by atoms with Gasteiger partial charge in [0.2, 0.25) is 0 Å². The molecule has 0 spiro atoms. The minimum Gasteiger partial charge on any atom is -0.481 e. The molecule has 1 aliphatic heterocycles. The molecule has 0 atom stereocenters. The quantitative estimate of drug-likeness (QED) is 0.473. The van der Waals surface area contributed by atoms with E-state index in [1.807, 2.05) is 13.8 Å². The minimum atomic E-state index is -0.115. The van der Waals surface area contributed by atoms with E-state index in [2.05, 4.69) is 9.98 Å². The van der Waals surface area contributed by atoms with E-state index in [1.54, 1.807) is 0 Å². The maximum absolute atomic E-state index is 4.99. The van der Waals surface area contributed by atoms with Crippen LogP contribution in [0.25, 0.3) is 0 Å². The van der Waals surface area contributed by atoms with Crippen LogP contribution in [0.15, 0.2) is 9.98 Å². The van der Waals surface area contributed by atoms with Gasteiger partial charge in [0.1, 0.15) is 12.9 Å².